The summed E-state index contributed by atoms with van der Waals surface area (Å²) in [6, 6.07) is 70.5. The lowest BCUT2D eigenvalue weighted by atomic mass is 9.96. The fraction of sp³-hybridized carbons (Fsp3) is 0. The van der Waals surface area contributed by atoms with Crippen molar-refractivity contribution in [2.24, 2.45) is 0 Å². The van der Waals surface area contributed by atoms with Crippen LogP contribution in [-0.4, -0.2) is 4.57 Å². The Morgan fingerprint density at radius 2 is 0.860 bits per heavy atom. The van der Waals surface area contributed by atoms with Crippen molar-refractivity contribution in [1.29, 1.82) is 0 Å². The highest BCUT2D eigenvalue weighted by Gasteiger charge is 2.20. The lowest BCUT2D eigenvalue weighted by molar-refractivity contribution is 1.17. The second-order valence-corrected chi connectivity index (χ2v) is 13.0. The van der Waals surface area contributed by atoms with Gasteiger partial charge in [-0.05, 0) is 86.4 Å². The molecule has 1 heterocycles. The topological polar surface area (TPSA) is 8.17 Å². The number of rotatable bonds is 5. The summed E-state index contributed by atoms with van der Waals surface area (Å²) in [6.45, 7) is 0. The van der Waals surface area contributed by atoms with Crippen molar-refractivity contribution in [3.8, 4) is 16.8 Å². The predicted molar refractivity (Wildman–Crippen MR) is 213 cm³/mol. The van der Waals surface area contributed by atoms with E-state index in [1.54, 1.807) is 0 Å². The zero-order valence-electron chi connectivity index (χ0n) is 27.4. The Hall–Kier alpha value is -6.64. The third-order valence-corrected chi connectivity index (χ3v) is 10.1. The molecule has 10 rings (SSSR count). The van der Waals surface area contributed by atoms with Gasteiger partial charge in [0.25, 0.3) is 0 Å². The number of fused-ring (bicyclic) bond motifs is 8. The first-order chi connectivity index (χ1) is 24.8. The zero-order valence-corrected chi connectivity index (χ0v) is 27.4. The maximum atomic E-state index is 2.44. The summed E-state index contributed by atoms with van der Waals surface area (Å²) in [4.78, 5) is 2.40. The SMILES string of the molecule is c1ccc(-c2ccc(N(c3ccccc3)c3ccc4ccc5ccc6ccccc6c5c4c3)cc2-n2c3ccccc3c3ccccc32)cc1. The van der Waals surface area contributed by atoms with E-state index in [-0.39, 0.29) is 0 Å². The summed E-state index contributed by atoms with van der Waals surface area (Å²) >= 11 is 0. The molecule has 50 heavy (non-hydrogen) atoms. The Morgan fingerprint density at radius 3 is 1.58 bits per heavy atom. The van der Waals surface area contributed by atoms with Crippen molar-refractivity contribution >= 4 is 71.2 Å². The molecule has 0 aliphatic carbocycles. The summed E-state index contributed by atoms with van der Waals surface area (Å²) in [5, 5.41) is 10.1. The minimum atomic E-state index is 1.09. The van der Waals surface area contributed by atoms with Crippen molar-refractivity contribution in [1.82, 2.24) is 4.57 Å². The lowest BCUT2D eigenvalue weighted by Gasteiger charge is -2.27. The van der Waals surface area contributed by atoms with Gasteiger partial charge in [0.1, 0.15) is 0 Å². The first kappa shape index (κ1) is 28.4. The molecule has 0 radical (unpaired) electrons. The van der Waals surface area contributed by atoms with Crippen LogP contribution in [-0.2, 0) is 0 Å². The van der Waals surface area contributed by atoms with Crippen molar-refractivity contribution in [3.05, 3.63) is 194 Å². The second-order valence-electron chi connectivity index (χ2n) is 13.0. The van der Waals surface area contributed by atoms with E-state index in [1.165, 1.54) is 65.3 Å². The molecule has 0 N–H and O–H groups in total. The van der Waals surface area contributed by atoms with Gasteiger partial charge in [-0.15, -0.1) is 0 Å². The lowest BCUT2D eigenvalue weighted by Crippen LogP contribution is -2.11. The van der Waals surface area contributed by atoms with E-state index in [1.807, 2.05) is 0 Å². The van der Waals surface area contributed by atoms with Crippen LogP contribution in [0.25, 0.3) is 70.9 Å². The maximum absolute atomic E-state index is 2.44. The molecule has 0 unspecified atom stereocenters. The van der Waals surface area contributed by atoms with E-state index >= 15 is 0 Å². The first-order valence-corrected chi connectivity index (χ1v) is 17.2. The van der Waals surface area contributed by atoms with Crippen LogP contribution in [0, 0.1) is 0 Å². The smallest absolute Gasteiger partial charge is 0.0561 e. The number of nitrogens with zero attached hydrogens (tertiary/aromatic N) is 2. The van der Waals surface area contributed by atoms with Gasteiger partial charge >= 0.3 is 0 Å². The van der Waals surface area contributed by atoms with Gasteiger partial charge in [0.2, 0.25) is 0 Å². The number of hydrogen-bond acceptors (Lipinski definition) is 1. The molecule has 0 amide bonds. The number of hydrogen-bond donors (Lipinski definition) is 0. The van der Waals surface area contributed by atoms with E-state index < -0.39 is 0 Å². The second kappa shape index (κ2) is 11.5. The van der Waals surface area contributed by atoms with Gasteiger partial charge in [-0.2, -0.15) is 0 Å². The van der Waals surface area contributed by atoms with Crippen molar-refractivity contribution in [2.75, 3.05) is 4.90 Å². The van der Waals surface area contributed by atoms with Gasteiger partial charge < -0.3 is 9.47 Å². The van der Waals surface area contributed by atoms with Gasteiger partial charge in [0.05, 0.1) is 16.7 Å². The summed E-state index contributed by atoms with van der Waals surface area (Å²) in [5.74, 6) is 0. The highest BCUT2D eigenvalue weighted by Crippen LogP contribution is 2.43. The van der Waals surface area contributed by atoms with Crippen molar-refractivity contribution in [3.63, 3.8) is 0 Å². The van der Waals surface area contributed by atoms with Crippen LogP contribution in [0.1, 0.15) is 0 Å². The van der Waals surface area contributed by atoms with Crippen LogP contribution in [0.2, 0.25) is 0 Å². The van der Waals surface area contributed by atoms with Gasteiger partial charge in [0, 0.05) is 33.4 Å². The van der Waals surface area contributed by atoms with Crippen LogP contribution in [0.5, 0.6) is 0 Å². The van der Waals surface area contributed by atoms with Gasteiger partial charge in [0.15, 0.2) is 0 Å². The molecule has 0 aliphatic heterocycles. The molecule has 0 bridgehead atoms. The molecular formula is C48H32N2. The van der Waals surface area contributed by atoms with Gasteiger partial charge in [-0.1, -0.05) is 146 Å². The summed E-state index contributed by atoms with van der Waals surface area (Å²) in [7, 11) is 0. The highest BCUT2D eigenvalue weighted by atomic mass is 15.1. The monoisotopic (exact) mass is 636 g/mol. The number of benzene rings is 9. The maximum Gasteiger partial charge on any atom is 0.0561 e. The molecule has 9 aromatic carbocycles. The summed E-state index contributed by atoms with van der Waals surface area (Å²) in [6.07, 6.45) is 0. The van der Waals surface area contributed by atoms with E-state index in [0.717, 1.165) is 22.7 Å². The minimum absolute atomic E-state index is 1.09. The zero-order chi connectivity index (χ0) is 33.0. The van der Waals surface area contributed by atoms with Gasteiger partial charge in [-0.25, -0.2) is 0 Å². The van der Waals surface area contributed by atoms with Crippen molar-refractivity contribution < 1.29 is 0 Å². The molecule has 0 aliphatic rings. The molecular weight excluding hydrogens is 605 g/mol. The van der Waals surface area contributed by atoms with Crippen LogP contribution >= 0.6 is 0 Å². The van der Waals surface area contributed by atoms with Crippen molar-refractivity contribution in [2.45, 2.75) is 0 Å². The quantitative estimate of drug-likeness (QED) is 0.171. The van der Waals surface area contributed by atoms with Crippen LogP contribution in [0.4, 0.5) is 17.1 Å². The number of aromatic nitrogens is 1. The Balaban J connectivity index is 1.27. The standard InChI is InChI=1S/C48H32N2/c1-3-13-33(14-4-1)40-30-29-39(32-47(40)50-45-21-11-9-19-42(45)43-20-10-12-22-46(43)50)49(37-16-5-2-6-17-37)38-28-27-35-24-26-36-25-23-34-15-7-8-18-41(34)48(36)44(35)31-38/h1-32H. The molecule has 2 nitrogen and oxygen atoms in total. The normalized spacial score (nSPS) is 11.6. The van der Waals surface area contributed by atoms with E-state index in [9.17, 15) is 0 Å². The fourth-order valence-corrected chi connectivity index (χ4v) is 7.86. The average molecular weight is 637 g/mol. The molecule has 0 saturated heterocycles. The Labute approximate surface area is 290 Å². The van der Waals surface area contributed by atoms with Gasteiger partial charge in [-0.3, -0.25) is 0 Å². The molecule has 234 valence electrons. The predicted octanol–water partition coefficient (Wildman–Crippen LogP) is 13.4. The Kier molecular flexibility index (Phi) is 6.53. The first-order valence-electron chi connectivity index (χ1n) is 17.2. The number of para-hydroxylation sites is 3. The molecule has 2 heteroatoms. The third kappa shape index (κ3) is 4.50. The summed E-state index contributed by atoms with van der Waals surface area (Å²) in [5.41, 5.74) is 9.22. The van der Waals surface area contributed by atoms with Crippen LogP contribution < -0.4 is 4.90 Å². The fourth-order valence-electron chi connectivity index (χ4n) is 7.86. The molecule has 0 saturated carbocycles. The summed E-state index contributed by atoms with van der Waals surface area (Å²) < 4.78 is 2.44. The minimum Gasteiger partial charge on any atom is -0.310 e. The van der Waals surface area contributed by atoms with E-state index in [0.29, 0.717) is 0 Å². The van der Waals surface area contributed by atoms with Crippen LogP contribution in [0.15, 0.2) is 194 Å². The molecule has 10 aromatic rings. The Bertz CT molecular complexity index is 2810. The van der Waals surface area contributed by atoms with E-state index in [4.69, 9.17) is 0 Å². The third-order valence-electron chi connectivity index (χ3n) is 10.1. The molecule has 0 fully saturated rings. The average Bonchev–Trinajstić information content (AvgIpc) is 3.53. The number of anilines is 3. The van der Waals surface area contributed by atoms with E-state index in [2.05, 4.69) is 204 Å². The Morgan fingerprint density at radius 1 is 0.340 bits per heavy atom. The van der Waals surface area contributed by atoms with Crippen LogP contribution in [0.3, 0.4) is 0 Å². The highest BCUT2D eigenvalue weighted by molar-refractivity contribution is 6.20. The largest absolute Gasteiger partial charge is 0.310 e. The molecule has 0 atom stereocenters. The molecule has 0 spiro atoms. The molecule has 1 aromatic heterocycles.